The summed E-state index contributed by atoms with van der Waals surface area (Å²) in [5, 5.41) is 3.83. The third kappa shape index (κ3) is 6.47. The second-order valence-corrected chi connectivity index (χ2v) is 16.2. The van der Waals surface area contributed by atoms with Crippen LogP contribution in [0.25, 0.3) is 10.4 Å². The Morgan fingerprint density at radius 2 is 1.85 bits per heavy atom. The fraction of sp³-hybridized carbons (Fsp3) is 0.833. The number of azide groups is 1. The summed E-state index contributed by atoms with van der Waals surface area (Å²) in [6.07, 6.45) is 12.1. The number of fused-ring (bicyclic) bond motifs is 5. The molecule has 12 heteroatoms. The van der Waals surface area contributed by atoms with Crippen LogP contribution in [0.4, 0.5) is 0 Å². The quantitative estimate of drug-likeness (QED) is 0.138. The predicted octanol–water partition coefficient (Wildman–Crippen LogP) is 6.36. The maximum atomic E-state index is 13.0. The zero-order chi connectivity index (χ0) is 34.4. The van der Waals surface area contributed by atoms with Crippen LogP contribution in [0.2, 0.25) is 0 Å². The third-order valence-electron chi connectivity index (χ3n) is 13.8. The number of aryl methyl sites for hydroxylation is 1. The molecule has 5 fully saturated rings. The summed E-state index contributed by atoms with van der Waals surface area (Å²) >= 11 is 0. The number of aromatic amines is 1. The molecule has 0 amide bonds. The van der Waals surface area contributed by atoms with Crippen LogP contribution in [0, 0.1) is 53.3 Å². The van der Waals surface area contributed by atoms with Gasteiger partial charge in [-0.2, -0.15) is 0 Å². The molecule has 12 atom stereocenters. The number of hydrogen-bond donors (Lipinski definition) is 1. The Morgan fingerprint density at radius 1 is 1.10 bits per heavy atom. The van der Waals surface area contributed by atoms with E-state index in [9.17, 15) is 19.2 Å². The van der Waals surface area contributed by atoms with E-state index in [1.54, 1.807) is 6.92 Å². The summed E-state index contributed by atoms with van der Waals surface area (Å²) < 4.78 is 18.6. The SMILES string of the molecule is CC(=O)OC1CCC2(C)C(CCC3C2CCC2(C)C(C(C)CCC(=O)OCC4OC(n5cc(C)c(=O)[nH]c5=O)C[C@@H]4N=[N+]=[N-])CCC32)C1. The fourth-order valence-corrected chi connectivity index (χ4v) is 11.4. The summed E-state index contributed by atoms with van der Waals surface area (Å²) in [5.74, 6) is 3.39. The third-order valence-corrected chi connectivity index (χ3v) is 13.8. The number of nitrogens with one attached hydrogen (secondary N) is 1. The van der Waals surface area contributed by atoms with Crippen LogP contribution in [-0.4, -0.2) is 46.3 Å². The second-order valence-electron chi connectivity index (χ2n) is 16.2. The summed E-state index contributed by atoms with van der Waals surface area (Å²) in [5.41, 5.74) is 9.01. The van der Waals surface area contributed by atoms with Crippen molar-refractivity contribution in [3.8, 4) is 0 Å². The lowest BCUT2D eigenvalue weighted by Crippen LogP contribution is -2.54. The van der Waals surface area contributed by atoms with Crippen molar-refractivity contribution in [1.82, 2.24) is 9.55 Å². The van der Waals surface area contributed by atoms with E-state index in [1.165, 1.54) is 56.2 Å². The molecular weight excluding hydrogens is 614 g/mol. The first kappa shape index (κ1) is 34.7. The average molecular weight is 668 g/mol. The maximum Gasteiger partial charge on any atom is 0.330 e. The Labute approximate surface area is 282 Å². The first-order chi connectivity index (χ1) is 22.8. The number of nitrogens with zero attached hydrogens (tertiary/aromatic N) is 4. The van der Waals surface area contributed by atoms with E-state index < -0.39 is 29.6 Å². The Kier molecular flexibility index (Phi) is 9.88. The highest BCUT2D eigenvalue weighted by Crippen LogP contribution is 2.68. The molecule has 1 saturated heterocycles. The minimum atomic E-state index is -0.744. The number of ether oxygens (including phenoxy) is 3. The van der Waals surface area contributed by atoms with E-state index in [1.807, 2.05) is 0 Å². The number of hydrogen-bond acceptors (Lipinski definition) is 8. The standard InChI is InChI=1S/C36H53N5O7/c1-20(6-11-32(43)46-19-30-29(39-40-37)17-31(48-30)41-18-21(2)33(44)38-34(41)45)26-9-10-27-25-8-7-23-16-24(47-22(3)42)12-14-35(23,4)28(25)13-15-36(26,27)5/h18,20,23-31H,6-17,19H2,1-5H3,(H,38,44,45)/t20?,23?,24?,25?,26?,27?,28?,29-,30?,31?,35?,36?/m0/s1. The molecule has 4 aliphatic carbocycles. The average Bonchev–Trinajstić information content (AvgIpc) is 3.61. The van der Waals surface area contributed by atoms with Crippen molar-refractivity contribution in [2.24, 2.45) is 51.5 Å². The van der Waals surface area contributed by atoms with E-state index in [0.29, 0.717) is 35.2 Å². The smallest absolute Gasteiger partial charge is 0.330 e. The topological polar surface area (TPSA) is 165 Å². The van der Waals surface area contributed by atoms with Crippen molar-refractivity contribution in [1.29, 1.82) is 0 Å². The van der Waals surface area contributed by atoms with Gasteiger partial charge in [0.25, 0.3) is 5.56 Å². The van der Waals surface area contributed by atoms with Gasteiger partial charge in [-0.1, -0.05) is 25.9 Å². The van der Waals surface area contributed by atoms with Crippen LogP contribution in [0.3, 0.4) is 0 Å². The van der Waals surface area contributed by atoms with Gasteiger partial charge in [0, 0.05) is 36.4 Å². The van der Waals surface area contributed by atoms with Gasteiger partial charge in [0.2, 0.25) is 0 Å². The molecule has 1 aromatic heterocycles. The molecular formula is C36H53N5O7. The highest BCUT2D eigenvalue weighted by atomic mass is 16.6. The lowest BCUT2D eigenvalue weighted by molar-refractivity contribution is -0.160. The van der Waals surface area contributed by atoms with Crippen molar-refractivity contribution in [2.75, 3.05) is 6.61 Å². The summed E-state index contributed by atoms with van der Waals surface area (Å²) in [6.45, 7) is 10.4. The Bertz CT molecular complexity index is 1550. The van der Waals surface area contributed by atoms with Crippen LogP contribution in [0.1, 0.15) is 117 Å². The van der Waals surface area contributed by atoms with Gasteiger partial charge < -0.3 is 14.2 Å². The molecule has 0 aromatic carbocycles. The molecule has 5 aliphatic rings. The number of rotatable bonds is 9. The van der Waals surface area contributed by atoms with Crippen LogP contribution in [0.15, 0.2) is 20.9 Å². The highest BCUT2D eigenvalue weighted by Gasteiger charge is 2.60. The maximum absolute atomic E-state index is 13.0. The zero-order valence-corrected chi connectivity index (χ0v) is 29.2. The number of esters is 2. The summed E-state index contributed by atoms with van der Waals surface area (Å²) in [7, 11) is 0. The van der Waals surface area contributed by atoms with E-state index >= 15 is 0 Å². The van der Waals surface area contributed by atoms with Gasteiger partial charge in [0.05, 0.1) is 6.04 Å². The lowest BCUT2D eigenvalue weighted by Gasteiger charge is -2.61. The van der Waals surface area contributed by atoms with Gasteiger partial charge in [0.15, 0.2) is 0 Å². The molecule has 11 unspecified atom stereocenters. The molecule has 6 rings (SSSR count). The van der Waals surface area contributed by atoms with E-state index in [2.05, 4.69) is 35.8 Å². The Morgan fingerprint density at radius 3 is 2.60 bits per heavy atom. The normalized spacial score (nSPS) is 39.3. The van der Waals surface area contributed by atoms with Crippen LogP contribution >= 0.6 is 0 Å². The van der Waals surface area contributed by atoms with Gasteiger partial charge in [0.1, 0.15) is 25.0 Å². The molecule has 48 heavy (non-hydrogen) atoms. The molecule has 1 aliphatic heterocycles. The zero-order valence-electron chi connectivity index (χ0n) is 29.2. The fourth-order valence-electron chi connectivity index (χ4n) is 11.4. The van der Waals surface area contributed by atoms with E-state index in [0.717, 1.165) is 43.4 Å². The van der Waals surface area contributed by atoms with Crippen molar-refractivity contribution in [3.05, 3.63) is 43.0 Å². The molecule has 12 nitrogen and oxygen atoms in total. The van der Waals surface area contributed by atoms with Gasteiger partial charge >= 0.3 is 17.6 Å². The van der Waals surface area contributed by atoms with Gasteiger partial charge in [-0.05, 0) is 123 Å². The number of carbonyl (C=O) groups excluding carboxylic acids is 2. The van der Waals surface area contributed by atoms with Crippen molar-refractivity contribution >= 4 is 11.9 Å². The first-order valence-corrected chi connectivity index (χ1v) is 18.2. The van der Waals surface area contributed by atoms with Crippen LogP contribution < -0.4 is 11.2 Å². The second kappa shape index (κ2) is 13.7. The first-order valence-electron chi connectivity index (χ1n) is 18.2. The van der Waals surface area contributed by atoms with Gasteiger partial charge in [-0.15, -0.1) is 0 Å². The van der Waals surface area contributed by atoms with Crippen LogP contribution in [0.5, 0.6) is 0 Å². The predicted molar refractivity (Wildman–Crippen MR) is 178 cm³/mol. The molecule has 0 radical (unpaired) electrons. The lowest BCUT2D eigenvalue weighted by atomic mass is 9.44. The largest absolute Gasteiger partial charge is 0.463 e. The van der Waals surface area contributed by atoms with E-state index in [4.69, 9.17) is 19.7 Å². The van der Waals surface area contributed by atoms with Crippen molar-refractivity contribution in [2.45, 2.75) is 136 Å². The number of aromatic nitrogens is 2. The Hall–Kier alpha value is -3.11. The Balaban J connectivity index is 1.02. The molecule has 0 spiro atoms. The molecule has 2 heterocycles. The summed E-state index contributed by atoms with van der Waals surface area (Å²) in [6, 6.07) is -0.613. The summed E-state index contributed by atoms with van der Waals surface area (Å²) in [4.78, 5) is 54.0. The molecule has 1 aromatic rings. The van der Waals surface area contributed by atoms with Crippen molar-refractivity contribution < 1.29 is 23.8 Å². The molecule has 264 valence electrons. The minimum absolute atomic E-state index is 0.0713. The molecule has 1 N–H and O–H groups in total. The molecule has 4 saturated carbocycles. The van der Waals surface area contributed by atoms with Crippen LogP contribution in [-0.2, 0) is 23.8 Å². The number of H-pyrrole nitrogens is 1. The molecule has 0 bridgehead atoms. The highest BCUT2D eigenvalue weighted by molar-refractivity contribution is 5.69. The monoisotopic (exact) mass is 667 g/mol. The van der Waals surface area contributed by atoms with Gasteiger partial charge in [-0.3, -0.25) is 23.9 Å². The van der Waals surface area contributed by atoms with E-state index in [-0.39, 0.29) is 36.5 Å². The van der Waals surface area contributed by atoms with Crippen molar-refractivity contribution in [3.63, 3.8) is 0 Å². The minimum Gasteiger partial charge on any atom is -0.463 e. The van der Waals surface area contributed by atoms with Gasteiger partial charge in [-0.25, -0.2) is 4.79 Å². The number of carbonyl (C=O) groups is 2.